The molecule has 14 heavy (non-hydrogen) atoms. The Morgan fingerprint density at radius 2 is 2.21 bits per heavy atom. The molecule has 0 amide bonds. The summed E-state index contributed by atoms with van der Waals surface area (Å²) in [5.41, 5.74) is 0.741. The number of hydrogen-bond acceptors (Lipinski definition) is 1. The van der Waals surface area contributed by atoms with Gasteiger partial charge in [-0.1, -0.05) is 22.0 Å². The van der Waals surface area contributed by atoms with E-state index in [-0.39, 0.29) is 5.56 Å². The molecule has 1 aromatic rings. The summed E-state index contributed by atoms with van der Waals surface area (Å²) in [5, 5.41) is 8.40. The normalized spacial score (nSPS) is 10.8. The van der Waals surface area contributed by atoms with Gasteiger partial charge in [0.15, 0.2) is 0 Å². The van der Waals surface area contributed by atoms with Crippen LogP contribution in [0.25, 0.3) is 6.08 Å². The van der Waals surface area contributed by atoms with Crippen LogP contribution in [0.1, 0.15) is 11.1 Å². The highest BCUT2D eigenvalue weighted by Gasteiger charge is 2.06. The van der Waals surface area contributed by atoms with E-state index in [1.54, 1.807) is 19.1 Å². The molecular weight excluding hydrogens is 251 g/mol. The van der Waals surface area contributed by atoms with Crippen molar-refractivity contribution in [1.29, 1.82) is 0 Å². The van der Waals surface area contributed by atoms with Gasteiger partial charge in [0.05, 0.1) is 0 Å². The molecule has 0 aliphatic carbocycles. The second-order valence-corrected chi connectivity index (χ2v) is 3.62. The molecule has 0 heterocycles. The van der Waals surface area contributed by atoms with Gasteiger partial charge < -0.3 is 5.11 Å². The third kappa shape index (κ3) is 2.42. The van der Waals surface area contributed by atoms with Crippen LogP contribution >= 0.6 is 15.9 Å². The van der Waals surface area contributed by atoms with Gasteiger partial charge in [-0.15, -0.1) is 0 Å². The van der Waals surface area contributed by atoms with Crippen molar-refractivity contribution in [3.63, 3.8) is 0 Å². The smallest absolute Gasteiger partial charge is 0.328 e. The number of carboxylic acid groups (broad SMARTS) is 1. The van der Waals surface area contributed by atoms with E-state index < -0.39 is 11.8 Å². The van der Waals surface area contributed by atoms with E-state index in [0.717, 1.165) is 6.08 Å². The predicted molar refractivity (Wildman–Crippen MR) is 55.5 cm³/mol. The van der Waals surface area contributed by atoms with Gasteiger partial charge in [0.25, 0.3) is 0 Å². The van der Waals surface area contributed by atoms with Gasteiger partial charge >= 0.3 is 5.97 Å². The zero-order valence-electron chi connectivity index (χ0n) is 7.42. The largest absolute Gasteiger partial charge is 0.478 e. The highest BCUT2D eigenvalue weighted by atomic mass is 79.9. The number of aliphatic carboxylic acids is 1. The number of carbonyl (C=O) groups is 1. The molecule has 4 heteroatoms. The third-order valence-corrected chi connectivity index (χ3v) is 2.40. The second kappa shape index (κ2) is 4.37. The Morgan fingerprint density at radius 1 is 1.57 bits per heavy atom. The first-order valence-corrected chi connectivity index (χ1v) is 4.67. The van der Waals surface area contributed by atoms with Crippen molar-refractivity contribution in [3.8, 4) is 0 Å². The summed E-state index contributed by atoms with van der Waals surface area (Å²) in [4.78, 5) is 10.3. The van der Waals surface area contributed by atoms with Crippen LogP contribution in [-0.2, 0) is 4.79 Å². The Balaban J connectivity index is 3.19. The van der Waals surface area contributed by atoms with Crippen molar-refractivity contribution < 1.29 is 14.3 Å². The molecule has 1 aromatic carbocycles. The van der Waals surface area contributed by atoms with Crippen LogP contribution in [0.15, 0.2) is 22.7 Å². The maximum absolute atomic E-state index is 13.4. The highest BCUT2D eigenvalue weighted by Crippen LogP contribution is 2.23. The molecule has 74 valence electrons. The van der Waals surface area contributed by atoms with Crippen LogP contribution in [0, 0.1) is 12.7 Å². The predicted octanol–water partition coefficient (Wildman–Crippen LogP) is 2.99. The van der Waals surface area contributed by atoms with Gasteiger partial charge in [-0.2, -0.15) is 0 Å². The summed E-state index contributed by atoms with van der Waals surface area (Å²) in [6.45, 7) is 1.62. The lowest BCUT2D eigenvalue weighted by Crippen LogP contribution is -1.91. The fourth-order valence-electron chi connectivity index (χ4n) is 0.986. The molecule has 0 spiro atoms. The van der Waals surface area contributed by atoms with Crippen molar-refractivity contribution in [2.24, 2.45) is 0 Å². The Bertz CT molecular complexity index is 399. The van der Waals surface area contributed by atoms with Crippen molar-refractivity contribution >= 4 is 28.0 Å². The molecule has 0 aromatic heterocycles. The topological polar surface area (TPSA) is 37.3 Å². The van der Waals surface area contributed by atoms with Crippen LogP contribution in [-0.4, -0.2) is 11.1 Å². The minimum atomic E-state index is -1.10. The quantitative estimate of drug-likeness (QED) is 0.829. The first kappa shape index (κ1) is 10.9. The Labute approximate surface area is 89.2 Å². The average molecular weight is 259 g/mol. The first-order valence-electron chi connectivity index (χ1n) is 3.88. The maximum atomic E-state index is 13.4. The van der Waals surface area contributed by atoms with Crippen LogP contribution in [0.4, 0.5) is 4.39 Å². The molecule has 2 nitrogen and oxygen atoms in total. The summed E-state index contributed by atoms with van der Waals surface area (Å²) < 4.78 is 14.0. The number of halogens is 2. The van der Waals surface area contributed by atoms with Crippen molar-refractivity contribution in [1.82, 2.24) is 0 Å². The van der Waals surface area contributed by atoms with Crippen LogP contribution < -0.4 is 0 Å². The van der Waals surface area contributed by atoms with Gasteiger partial charge in [0, 0.05) is 16.1 Å². The molecule has 0 radical (unpaired) electrons. The standard InChI is InChI=1S/C10H8BrFO2/c1-6-2-4-8(11)7(10(6)12)3-5-9(13)14/h2-5H,1H3,(H,13,14)/b5-3+. The number of aryl methyl sites for hydroxylation is 1. The summed E-state index contributed by atoms with van der Waals surface area (Å²) in [5.74, 6) is -1.50. The molecule has 0 unspecified atom stereocenters. The van der Waals surface area contributed by atoms with E-state index >= 15 is 0 Å². The lowest BCUT2D eigenvalue weighted by atomic mass is 10.1. The lowest BCUT2D eigenvalue weighted by Gasteiger charge is -2.02. The third-order valence-electron chi connectivity index (χ3n) is 1.71. The minimum Gasteiger partial charge on any atom is -0.478 e. The lowest BCUT2D eigenvalue weighted by molar-refractivity contribution is -0.131. The van der Waals surface area contributed by atoms with E-state index in [9.17, 15) is 9.18 Å². The summed E-state index contributed by atoms with van der Waals surface area (Å²) in [6.07, 6.45) is 2.14. The molecule has 1 rings (SSSR count). The molecule has 0 bridgehead atoms. The van der Waals surface area contributed by atoms with E-state index in [2.05, 4.69) is 15.9 Å². The van der Waals surface area contributed by atoms with E-state index in [1.165, 1.54) is 6.08 Å². The minimum absolute atomic E-state index is 0.257. The molecule has 0 aliphatic heterocycles. The highest BCUT2D eigenvalue weighted by molar-refractivity contribution is 9.10. The number of rotatable bonds is 2. The maximum Gasteiger partial charge on any atom is 0.328 e. The molecule has 1 N–H and O–H groups in total. The fourth-order valence-corrected chi connectivity index (χ4v) is 1.42. The number of hydrogen-bond donors (Lipinski definition) is 1. The van der Waals surface area contributed by atoms with E-state index in [0.29, 0.717) is 10.0 Å². The number of benzene rings is 1. The van der Waals surface area contributed by atoms with Gasteiger partial charge in [0.2, 0.25) is 0 Å². The fraction of sp³-hybridized carbons (Fsp3) is 0.100. The van der Waals surface area contributed by atoms with Gasteiger partial charge in [0.1, 0.15) is 5.82 Å². The molecule has 0 fully saturated rings. The van der Waals surface area contributed by atoms with Gasteiger partial charge in [-0.05, 0) is 24.6 Å². The van der Waals surface area contributed by atoms with Crippen LogP contribution in [0.3, 0.4) is 0 Å². The average Bonchev–Trinajstić information content (AvgIpc) is 2.11. The Kier molecular flexibility index (Phi) is 3.41. The molecule has 0 saturated heterocycles. The molecular formula is C10H8BrFO2. The van der Waals surface area contributed by atoms with Gasteiger partial charge in [-0.25, -0.2) is 9.18 Å². The zero-order valence-corrected chi connectivity index (χ0v) is 9.01. The monoisotopic (exact) mass is 258 g/mol. The van der Waals surface area contributed by atoms with Crippen LogP contribution in [0.2, 0.25) is 0 Å². The van der Waals surface area contributed by atoms with Gasteiger partial charge in [-0.3, -0.25) is 0 Å². The van der Waals surface area contributed by atoms with Crippen molar-refractivity contribution in [3.05, 3.63) is 39.6 Å². The first-order chi connectivity index (χ1) is 6.52. The van der Waals surface area contributed by atoms with E-state index in [1.807, 2.05) is 0 Å². The zero-order chi connectivity index (χ0) is 10.7. The second-order valence-electron chi connectivity index (χ2n) is 2.76. The summed E-state index contributed by atoms with van der Waals surface area (Å²) in [6, 6.07) is 3.30. The Morgan fingerprint density at radius 3 is 2.79 bits per heavy atom. The van der Waals surface area contributed by atoms with Crippen molar-refractivity contribution in [2.45, 2.75) is 6.92 Å². The van der Waals surface area contributed by atoms with Crippen molar-refractivity contribution in [2.75, 3.05) is 0 Å². The molecule has 0 atom stereocenters. The SMILES string of the molecule is Cc1ccc(Br)c(/C=C/C(=O)O)c1F. The van der Waals surface area contributed by atoms with E-state index in [4.69, 9.17) is 5.11 Å². The summed E-state index contributed by atoms with van der Waals surface area (Å²) in [7, 11) is 0. The Hall–Kier alpha value is -1.16. The molecule has 0 saturated carbocycles. The van der Waals surface area contributed by atoms with Crippen LogP contribution in [0.5, 0.6) is 0 Å². The molecule has 0 aliphatic rings. The summed E-state index contributed by atoms with van der Waals surface area (Å²) >= 11 is 3.15. The number of carboxylic acids is 1.